The molecule has 0 radical (unpaired) electrons. The highest BCUT2D eigenvalue weighted by Gasteiger charge is 2.73. The van der Waals surface area contributed by atoms with E-state index in [4.69, 9.17) is 5.11 Å². The van der Waals surface area contributed by atoms with Crippen LogP contribution in [-0.4, -0.2) is 80.1 Å². The van der Waals surface area contributed by atoms with Crippen LogP contribution >= 0.6 is 11.8 Å². The predicted octanol–water partition coefficient (Wildman–Crippen LogP) is 2.14. The maximum Gasteiger partial charge on any atom is 0.308 e. The molecule has 2 bridgehead atoms. The zero-order valence-corrected chi connectivity index (χ0v) is 18.6. The quantitative estimate of drug-likeness (QED) is 0.358. The first-order valence-corrected chi connectivity index (χ1v) is 12.0. The van der Waals surface area contributed by atoms with Gasteiger partial charge in [0.1, 0.15) is 6.04 Å². The maximum absolute atomic E-state index is 13.8. The van der Waals surface area contributed by atoms with Crippen molar-refractivity contribution >= 4 is 29.5 Å². The van der Waals surface area contributed by atoms with Crippen LogP contribution in [0.2, 0.25) is 0 Å². The van der Waals surface area contributed by atoms with Gasteiger partial charge in [-0.25, -0.2) is 0 Å². The molecule has 7 nitrogen and oxygen atoms in total. The van der Waals surface area contributed by atoms with Crippen LogP contribution in [0.5, 0.6) is 0 Å². The van der Waals surface area contributed by atoms with Gasteiger partial charge in [0.25, 0.3) is 0 Å². The Kier molecular flexibility index (Phi) is 7.50. The summed E-state index contributed by atoms with van der Waals surface area (Å²) >= 11 is 1.58. The summed E-state index contributed by atoms with van der Waals surface area (Å²) in [5, 5.41) is 18.8. The number of fused-ring (bicyclic) bond motifs is 1. The Balaban J connectivity index is 1.92. The van der Waals surface area contributed by atoms with Gasteiger partial charge in [-0.1, -0.05) is 19.4 Å². The number of carbonyl (C=O) groups is 3. The summed E-state index contributed by atoms with van der Waals surface area (Å²) in [4.78, 5) is 42.7. The Morgan fingerprint density at radius 2 is 2.10 bits per heavy atom. The average Bonchev–Trinajstić information content (AvgIpc) is 3.35. The van der Waals surface area contributed by atoms with Gasteiger partial charge in [0, 0.05) is 31.5 Å². The first kappa shape index (κ1) is 23.1. The number of carbonyl (C=O) groups excluding carboxylic acids is 2. The lowest BCUT2D eigenvalue weighted by Crippen LogP contribution is -2.55. The van der Waals surface area contributed by atoms with Crippen molar-refractivity contribution in [3.8, 4) is 0 Å². The van der Waals surface area contributed by atoms with E-state index in [-0.39, 0.29) is 23.7 Å². The standard InChI is InChI=1S/C22H34N2O5S/c1-3-5-12-23(11-4-2)20(27)18-22-10-9-15(30-22)16(21(28)29)17(22)19(26)24(18)13-7-6-8-14-25/h4,15-18,25H,2-3,5-14H2,1H3,(H,28,29)/t15-,16+,17+,18?,22?/m1/s1. The zero-order valence-electron chi connectivity index (χ0n) is 17.8. The summed E-state index contributed by atoms with van der Waals surface area (Å²) in [5.41, 5.74) is 0. The lowest BCUT2D eigenvalue weighted by molar-refractivity contribution is -0.148. The molecule has 3 aliphatic rings. The maximum atomic E-state index is 13.8. The molecule has 3 saturated heterocycles. The summed E-state index contributed by atoms with van der Waals surface area (Å²) in [6.45, 7) is 7.44. The number of thioether (sulfide) groups is 1. The van der Waals surface area contributed by atoms with Crippen molar-refractivity contribution in [3.05, 3.63) is 12.7 Å². The van der Waals surface area contributed by atoms with Crippen molar-refractivity contribution in [3.63, 3.8) is 0 Å². The van der Waals surface area contributed by atoms with Crippen LogP contribution in [0.25, 0.3) is 0 Å². The predicted molar refractivity (Wildman–Crippen MR) is 116 cm³/mol. The van der Waals surface area contributed by atoms with Gasteiger partial charge < -0.3 is 20.0 Å². The van der Waals surface area contributed by atoms with Gasteiger partial charge in [-0.3, -0.25) is 14.4 Å². The Labute approximate surface area is 182 Å². The first-order valence-electron chi connectivity index (χ1n) is 11.1. The van der Waals surface area contributed by atoms with Crippen LogP contribution in [0, 0.1) is 11.8 Å². The molecular formula is C22H34N2O5S. The third-order valence-corrected chi connectivity index (χ3v) is 8.77. The third-order valence-electron chi connectivity index (χ3n) is 6.82. The fourth-order valence-corrected chi connectivity index (χ4v) is 7.70. The number of hydrogen-bond donors (Lipinski definition) is 2. The van der Waals surface area contributed by atoms with Gasteiger partial charge >= 0.3 is 5.97 Å². The molecule has 30 heavy (non-hydrogen) atoms. The number of aliphatic carboxylic acids is 1. The number of aliphatic hydroxyl groups excluding tert-OH is 1. The monoisotopic (exact) mass is 438 g/mol. The summed E-state index contributed by atoms with van der Waals surface area (Å²) in [6.07, 6.45) is 7.12. The van der Waals surface area contributed by atoms with Crippen molar-refractivity contribution in [2.45, 2.75) is 67.9 Å². The minimum atomic E-state index is -0.922. The molecule has 3 aliphatic heterocycles. The smallest absolute Gasteiger partial charge is 0.308 e. The topological polar surface area (TPSA) is 98.2 Å². The van der Waals surface area contributed by atoms with E-state index in [0.29, 0.717) is 38.9 Å². The number of carboxylic acid groups (broad SMARTS) is 1. The molecule has 8 heteroatoms. The number of likely N-dealkylation sites (tertiary alicyclic amines) is 1. The van der Waals surface area contributed by atoms with Crippen molar-refractivity contribution in [2.24, 2.45) is 11.8 Å². The normalized spacial score (nSPS) is 31.8. The van der Waals surface area contributed by atoms with E-state index in [0.717, 1.165) is 25.7 Å². The van der Waals surface area contributed by atoms with Gasteiger partial charge in [-0.05, 0) is 38.5 Å². The number of aliphatic hydroxyl groups is 1. The number of hydrogen-bond acceptors (Lipinski definition) is 5. The molecule has 0 aliphatic carbocycles. The molecule has 2 N–H and O–H groups in total. The van der Waals surface area contributed by atoms with Crippen LogP contribution < -0.4 is 0 Å². The van der Waals surface area contributed by atoms with E-state index in [1.54, 1.807) is 27.6 Å². The molecule has 1 spiro atoms. The molecule has 3 heterocycles. The largest absolute Gasteiger partial charge is 0.481 e. The Morgan fingerprint density at radius 3 is 2.73 bits per heavy atom. The van der Waals surface area contributed by atoms with Gasteiger partial charge in [-0.15, -0.1) is 18.3 Å². The number of nitrogens with zero attached hydrogens (tertiary/aromatic N) is 2. The second-order valence-corrected chi connectivity index (χ2v) is 10.2. The summed E-state index contributed by atoms with van der Waals surface area (Å²) in [5.74, 6) is -2.50. The second kappa shape index (κ2) is 9.73. The number of amides is 2. The molecule has 2 unspecified atom stereocenters. The highest BCUT2D eigenvalue weighted by atomic mass is 32.2. The lowest BCUT2D eigenvalue weighted by atomic mass is 9.71. The van der Waals surface area contributed by atoms with Crippen LogP contribution in [0.1, 0.15) is 51.9 Å². The molecule has 168 valence electrons. The van der Waals surface area contributed by atoms with E-state index in [1.165, 1.54) is 0 Å². The Morgan fingerprint density at radius 1 is 1.33 bits per heavy atom. The molecule has 0 aromatic rings. The average molecular weight is 439 g/mol. The van der Waals surface area contributed by atoms with E-state index in [9.17, 15) is 19.5 Å². The second-order valence-electron chi connectivity index (χ2n) is 8.64. The fraction of sp³-hybridized carbons (Fsp3) is 0.773. The summed E-state index contributed by atoms with van der Waals surface area (Å²) in [6, 6.07) is -0.611. The molecule has 2 amide bonds. The third kappa shape index (κ3) is 3.88. The number of rotatable bonds is 12. The van der Waals surface area contributed by atoms with Crippen molar-refractivity contribution in [2.75, 3.05) is 26.2 Å². The summed E-state index contributed by atoms with van der Waals surface area (Å²) < 4.78 is -0.634. The van der Waals surface area contributed by atoms with Crippen LogP contribution in [0.4, 0.5) is 0 Å². The van der Waals surface area contributed by atoms with Crippen LogP contribution in [0.15, 0.2) is 12.7 Å². The molecular weight excluding hydrogens is 404 g/mol. The van der Waals surface area contributed by atoms with Gasteiger partial charge in [0.15, 0.2) is 0 Å². The van der Waals surface area contributed by atoms with Crippen LogP contribution in [-0.2, 0) is 14.4 Å². The molecule has 3 fully saturated rings. The van der Waals surface area contributed by atoms with Crippen molar-refractivity contribution in [1.29, 1.82) is 0 Å². The Bertz CT molecular complexity index is 686. The van der Waals surface area contributed by atoms with Gasteiger partial charge in [-0.2, -0.15) is 0 Å². The van der Waals surface area contributed by atoms with E-state index >= 15 is 0 Å². The van der Waals surface area contributed by atoms with E-state index < -0.39 is 28.6 Å². The van der Waals surface area contributed by atoms with E-state index in [2.05, 4.69) is 13.5 Å². The zero-order chi connectivity index (χ0) is 21.9. The highest BCUT2D eigenvalue weighted by molar-refractivity contribution is 8.02. The molecule has 3 rings (SSSR count). The first-order chi connectivity index (χ1) is 14.4. The minimum absolute atomic E-state index is 0.0689. The number of carboxylic acids is 1. The highest BCUT2D eigenvalue weighted by Crippen LogP contribution is 2.66. The molecule has 5 atom stereocenters. The van der Waals surface area contributed by atoms with Crippen LogP contribution in [0.3, 0.4) is 0 Å². The van der Waals surface area contributed by atoms with E-state index in [1.807, 2.05) is 0 Å². The minimum Gasteiger partial charge on any atom is -0.481 e. The SMILES string of the molecule is C=CCN(CCCC)C(=O)C1N(CCCCCO)C(=O)[C@@H]2[C@@H](C(=O)O)[C@H]3CCC12S3. The van der Waals surface area contributed by atoms with Gasteiger partial charge in [0.05, 0.1) is 16.6 Å². The van der Waals surface area contributed by atoms with Gasteiger partial charge in [0.2, 0.25) is 11.8 Å². The molecule has 0 saturated carbocycles. The van der Waals surface area contributed by atoms with Crippen molar-refractivity contribution in [1.82, 2.24) is 9.80 Å². The number of unbranched alkanes of at least 4 members (excludes halogenated alkanes) is 3. The summed E-state index contributed by atoms with van der Waals surface area (Å²) in [7, 11) is 0. The fourth-order valence-electron chi connectivity index (χ4n) is 5.49. The van der Waals surface area contributed by atoms with Crippen molar-refractivity contribution < 1.29 is 24.6 Å². The molecule has 0 aromatic heterocycles. The molecule has 0 aromatic carbocycles. The lowest BCUT2D eigenvalue weighted by Gasteiger charge is -2.37. The Hall–Kier alpha value is -1.54.